The molecule has 0 saturated heterocycles. The molecule has 0 bridgehead atoms. The zero-order valence-corrected chi connectivity index (χ0v) is 10.7. The van der Waals surface area contributed by atoms with Gasteiger partial charge in [-0.25, -0.2) is 4.98 Å². The van der Waals surface area contributed by atoms with Gasteiger partial charge in [0, 0.05) is 7.05 Å². The lowest BCUT2D eigenvalue weighted by Crippen LogP contribution is -2.13. The first kappa shape index (κ1) is 13.3. The minimum absolute atomic E-state index is 0.267. The van der Waals surface area contributed by atoms with E-state index in [1.54, 1.807) is 31.3 Å². The molecule has 1 amide bonds. The van der Waals surface area contributed by atoms with E-state index in [-0.39, 0.29) is 5.56 Å². The Balaban J connectivity index is 2.44. The van der Waals surface area contributed by atoms with E-state index in [0.29, 0.717) is 23.0 Å². The summed E-state index contributed by atoms with van der Waals surface area (Å²) in [5, 5.41) is 14.8. The molecule has 2 aromatic rings. The van der Waals surface area contributed by atoms with Crippen LogP contribution in [0.25, 0.3) is 0 Å². The lowest BCUT2D eigenvalue weighted by Gasteiger charge is -2.11. The highest BCUT2D eigenvalue weighted by Crippen LogP contribution is 2.22. The molecule has 1 aromatic heterocycles. The van der Waals surface area contributed by atoms with Crippen LogP contribution in [0.3, 0.4) is 0 Å². The van der Waals surface area contributed by atoms with E-state index in [9.17, 15) is 4.79 Å². The third-order valence-corrected chi connectivity index (χ3v) is 2.58. The van der Waals surface area contributed by atoms with Crippen LogP contribution in [-0.2, 0) is 0 Å². The zero-order chi connectivity index (χ0) is 14.5. The number of nitrogens with one attached hydrogen (secondary N) is 2. The van der Waals surface area contributed by atoms with Gasteiger partial charge < -0.3 is 16.4 Å². The second-order valence-electron chi connectivity index (χ2n) is 3.85. The zero-order valence-electron chi connectivity index (χ0n) is 10.7. The molecule has 2 rings (SSSR count). The summed E-state index contributed by atoms with van der Waals surface area (Å²) >= 11 is 0. The largest absolute Gasteiger partial charge is 0.366 e. The maximum atomic E-state index is 11.4. The topological polar surface area (TPSA) is 117 Å². The van der Waals surface area contributed by atoms with Crippen LogP contribution in [0.1, 0.15) is 15.9 Å². The summed E-state index contributed by atoms with van der Waals surface area (Å²) in [4.78, 5) is 19.5. The second-order valence-corrected chi connectivity index (χ2v) is 3.85. The van der Waals surface area contributed by atoms with Gasteiger partial charge in [-0.3, -0.25) is 4.79 Å². The van der Waals surface area contributed by atoms with E-state index in [0.717, 1.165) is 0 Å². The second kappa shape index (κ2) is 5.67. The average molecular weight is 268 g/mol. The molecule has 7 heteroatoms. The predicted octanol–water partition coefficient (Wildman–Crippen LogP) is 1.23. The van der Waals surface area contributed by atoms with Gasteiger partial charge in [0.1, 0.15) is 11.6 Å². The Hall–Kier alpha value is -3.14. The van der Waals surface area contributed by atoms with Gasteiger partial charge in [0.05, 0.1) is 17.4 Å². The normalized spacial score (nSPS) is 9.60. The third-order valence-electron chi connectivity index (χ3n) is 2.58. The van der Waals surface area contributed by atoms with E-state index in [1.807, 2.05) is 6.07 Å². The van der Waals surface area contributed by atoms with E-state index in [2.05, 4.69) is 20.6 Å². The summed E-state index contributed by atoms with van der Waals surface area (Å²) in [5.41, 5.74) is 6.38. The molecule has 0 spiro atoms. The molecule has 0 atom stereocenters. The molecular weight excluding hydrogens is 256 g/mol. The summed E-state index contributed by atoms with van der Waals surface area (Å²) in [6.07, 6.45) is 1.40. The van der Waals surface area contributed by atoms with E-state index in [1.165, 1.54) is 6.20 Å². The fourth-order valence-corrected chi connectivity index (χ4v) is 1.61. The first-order valence-corrected chi connectivity index (χ1v) is 5.76. The number of anilines is 3. The molecule has 1 heterocycles. The van der Waals surface area contributed by atoms with Crippen molar-refractivity contribution in [3.05, 3.63) is 41.6 Å². The van der Waals surface area contributed by atoms with E-state index >= 15 is 0 Å². The van der Waals surface area contributed by atoms with Crippen LogP contribution in [0.15, 0.2) is 30.5 Å². The number of aromatic nitrogens is 2. The van der Waals surface area contributed by atoms with Gasteiger partial charge in [0.25, 0.3) is 5.91 Å². The van der Waals surface area contributed by atoms with Crippen LogP contribution in [0.5, 0.6) is 0 Å². The highest BCUT2D eigenvalue weighted by atomic mass is 16.1. The van der Waals surface area contributed by atoms with Crippen molar-refractivity contribution < 1.29 is 4.79 Å². The number of para-hydroxylation sites is 1. The third kappa shape index (κ3) is 2.64. The van der Waals surface area contributed by atoms with Crippen LogP contribution in [0.2, 0.25) is 0 Å². The lowest BCUT2D eigenvalue weighted by atomic mass is 10.1. The molecule has 4 N–H and O–H groups in total. The molecule has 7 nitrogen and oxygen atoms in total. The molecule has 20 heavy (non-hydrogen) atoms. The number of rotatable bonds is 4. The van der Waals surface area contributed by atoms with Gasteiger partial charge in [-0.2, -0.15) is 10.2 Å². The van der Waals surface area contributed by atoms with Crippen molar-refractivity contribution in [3.8, 4) is 6.07 Å². The van der Waals surface area contributed by atoms with E-state index in [4.69, 9.17) is 11.0 Å². The van der Waals surface area contributed by atoms with Crippen molar-refractivity contribution in [2.45, 2.75) is 0 Å². The van der Waals surface area contributed by atoms with Crippen molar-refractivity contribution in [2.75, 3.05) is 17.7 Å². The maximum absolute atomic E-state index is 11.4. The first-order chi connectivity index (χ1) is 9.65. The molecule has 0 aliphatic carbocycles. The van der Waals surface area contributed by atoms with Crippen LogP contribution >= 0.6 is 0 Å². The van der Waals surface area contributed by atoms with Gasteiger partial charge in [0.2, 0.25) is 5.95 Å². The fourth-order valence-electron chi connectivity index (χ4n) is 1.61. The van der Waals surface area contributed by atoms with E-state index < -0.39 is 5.91 Å². The molecule has 0 fully saturated rings. The summed E-state index contributed by atoms with van der Waals surface area (Å²) < 4.78 is 0. The van der Waals surface area contributed by atoms with Crippen LogP contribution in [-0.4, -0.2) is 22.9 Å². The number of hydrogen-bond donors (Lipinski definition) is 3. The number of carbonyl (C=O) groups is 1. The Morgan fingerprint density at radius 3 is 2.80 bits per heavy atom. The summed E-state index contributed by atoms with van der Waals surface area (Å²) in [7, 11) is 1.67. The number of primary amides is 1. The van der Waals surface area contributed by atoms with Crippen molar-refractivity contribution in [1.82, 2.24) is 9.97 Å². The summed E-state index contributed by atoms with van der Waals surface area (Å²) in [6.45, 7) is 0. The average Bonchev–Trinajstić information content (AvgIpc) is 2.47. The minimum Gasteiger partial charge on any atom is -0.366 e. The van der Waals surface area contributed by atoms with Crippen LogP contribution in [0.4, 0.5) is 17.5 Å². The Morgan fingerprint density at radius 1 is 1.40 bits per heavy atom. The number of nitriles is 1. The highest BCUT2D eigenvalue weighted by molar-refractivity contribution is 5.99. The van der Waals surface area contributed by atoms with Gasteiger partial charge >= 0.3 is 0 Å². The Kier molecular flexibility index (Phi) is 3.77. The van der Waals surface area contributed by atoms with Crippen molar-refractivity contribution in [3.63, 3.8) is 0 Å². The smallest absolute Gasteiger partial charge is 0.250 e. The van der Waals surface area contributed by atoms with Gasteiger partial charge in [-0.1, -0.05) is 12.1 Å². The molecule has 0 aliphatic rings. The fraction of sp³-hybridized carbons (Fsp3) is 0.0769. The molecule has 0 radical (unpaired) electrons. The molecule has 0 unspecified atom stereocenters. The Bertz CT molecular complexity index is 692. The van der Waals surface area contributed by atoms with Crippen molar-refractivity contribution in [2.24, 2.45) is 5.73 Å². The van der Waals surface area contributed by atoms with Gasteiger partial charge in [-0.05, 0) is 12.1 Å². The lowest BCUT2D eigenvalue weighted by molar-refractivity contribution is 0.100. The highest BCUT2D eigenvalue weighted by Gasteiger charge is 2.11. The van der Waals surface area contributed by atoms with Gasteiger partial charge in [-0.15, -0.1) is 0 Å². The number of benzene rings is 1. The Labute approximate surface area is 115 Å². The summed E-state index contributed by atoms with van der Waals surface area (Å²) in [5.74, 6) is 0.109. The van der Waals surface area contributed by atoms with Crippen molar-refractivity contribution >= 4 is 23.4 Å². The van der Waals surface area contributed by atoms with Crippen molar-refractivity contribution in [1.29, 1.82) is 5.26 Å². The maximum Gasteiger partial charge on any atom is 0.250 e. The SMILES string of the molecule is CNc1ncc(C#N)c(Nc2ccccc2C(N)=O)n1. The number of amides is 1. The predicted molar refractivity (Wildman–Crippen MR) is 74.5 cm³/mol. The van der Waals surface area contributed by atoms with Gasteiger partial charge in [0.15, 0.2) is 5.82 Å². The monoisotopic (exact) mass is 268 g/mol. The standard InChI is InChI=1S/C13H12N6O/c1-16-13-17-7-8(6-14)12(19-13)18-10-5-3-2-4-9(10)11(15)20/h2-5,7H,1H3,(H2,15,20)(H2,16,17,18,19). The molecule has 100 valence electrons. The Morgan fingerprint density at radius 2 is 2.15 bits per heavy atom. The minimum atomic E-state index is -0.561. The molecule has 1 aromatic carbocycles. The summed E-state index contributed by atoms with van der Waals surface area (Å²) in [6, 6.07) is 8.72. The molecule has 0 saturated carbocycles. The molecule has 0 aliphatic heterocycles. The molecular formula is C13H12N6O. The van der Waals surface area contributed by atoms with Crippen LogP contribution < -0.4 is 16.4 Å². The first-order valence-electron chi connectivity index (χ1n) is 5.76. The number of nitrogens with zero attached hydrogens (tertiary/aromatic N) is 3. The quantitative estimate of drug-likeness (QED) is 0.767. The number of hydrogen-bond acceptors (Lipinski definition) is 6. The number of nitrogens with two attached hydrogens (primary N) is 1. The van der Waals surface area contributed by atoms with Crippen LogP contribution in [0, 0.1) is 11.3 Å². The number of carbonyl (C=O) groups excluding carboxylic acids is 1.